The fraction of sp³-hybridized carbons (Fsp3) is 0.474. The molecule has 8 nitrogen and oxygen atoms in total. The second-order valence-electron chi connectivity index (χ2n) is 7.44. The van der Waals surface area contributed by atoms with Gasteiger partial charge in [0.25, 0.3) is 5.91 Å². The summed E-state index contributed by atoms with van der Waals surface area (Å²) >= 11 is 18.0. The normalized spacial score (nSPS) is 21.8. The third-order valence-corrected chi connectivity index (χ3v) is 6.44. The molecular weight excluding hydrogens is 453 g/mol. The number of hydrogen-bond donors (Lipinski definition) is 4. The molecule has 1 saturated heterocycles. The van der Waals surface area contributed by atoms with Crippen molar-refractivity contribution in [1.29, 1.82) is 5.41 Å². The van der Waals surface area contributed by atoms with Gasteiger partial charge in [-0.25, -0.2) is 0 Å². The largest absolute Gasteiger partial charge is 0.376 e. The molecule has 2 atom stereocenters. The molecule has 3 rings (SSSR count). The number of halogens is 3. The van der Waals surface area contributed by atoms with Gasteiger partial charge >= 0.3 is 0 Å². The summed E-state index contributed by atoms with van der Waals surface area (Å²) in [7, 11) is 0. The maximum atomic E-state index is 12.7. The fourth-order valence-corrected chi connectivity index (χ4v) is 4.16. The van der Waals surface area contributed by atoms with Crippen LogP contribution in [0.5, 0.6) is 0 Å². The zero-order valence-electron chi connectivity index (χ0n) is 16.0. The minimum atomic E-state index is -0.892. The molecule has 0 radical (unpaired) electrons. The fourth-order valence-electron chi connectivity index (χ4n) is 3.46. The van der Waals surface area contributed by atoms with Gasteiger partial charge in [0, 0.05) is 35.3 Å². The maximum absolute atomic E-state index is 12.7. The van der Waals surface area contributed by atoms with Crippen LogP contribution < -0.4 is 16.4 Å². The molecule has 5 N–H and O–H groups in total. The van der Waals surface area contributed by atoms with Gasteiger partial charge in [0.2, 0.25) is 11.8 Å². The summed E-state index contributed by atoms with van der Waals surface area (Å²) in [4.78, 5) is 38.2. The van der Waals surface area contributed by atoms with E-state index in [4.69, 9.17) is 45.9 Å². The Morgan fingerprint density at radius 3 is 2.63 bits per heavy atom. The highest BCUT2D eigenvalue weighted by molar-refractivity contribution is 6.50. The number of anilines is 1. The molecule has 30 heavy (non-hydrogen) atoms. The van der Waals surface area contributed by atoms with Crippen molar-refractivity contribution in [3.05, 3.63) is 28.8 Å². The van der Waals surface area contributed by atoms with Gasteiger partial charge in [-0.05, 0) is 37.5 Å². The van der Waals surface area contributed by atoms with Crippen molar-refractivity contribution < 1.29 is 14.4 Å². The van der Waals surface area contributed by atoms with Gasteiger partial charge in [0.05, 0.1) is 6.54 Å². The number of carbonyl (C=O) groups excluding carboxylic acids is 3. The molecule has 2 aliphatic rings. The molecular formula is C19H22Cl3N5O3. The van der Waals surface area contributed by atoms with Gasteiger partial charge in [-0.2, -0.15) is 0 Å². The Labute approximate surface area is 188 Å². The predicted octanol–water partition coefficient (Wildman–Crippen LogP) is 1.91. The van der Waals surface area contributed by atoms with E-state index < -0.39 is 22.0 Å². The topological polar surface area (TPSA) is 128 Å². The van der Waals surface area contributed by atoms with Crippen LogP contribution >= 0.6 is 34.8 Å². The number of hydrogen-bond acceptors (Lipinski definition) is 5. The molecule has 1 saturated carbocycles. The van der Waals surface area contributed by atoms with Crippen LogP contribution in [0.15, 0.2) is 18.2 Å². The molecule has 1 heterocycles. The van der Waals surface area contributed by atoms with E-state index in [9.17, 15) is 14.4 Å². The highest BCUT2D eigenvalue weighted by Crippen LogP contribution is 2.52. The lowest BCUT2D eigenvalue weighted by Crippen LogP contribution is -2.48. The van der Waals surface area contributed by atoms with Crippen LogP contribution in [0.2, 0.25) is 5.02 Å². The lowest BCUT2D eigenvalue weighted by atomic mass is 10.1. The molecule has 162 valence electrons. The second kappa shape index (κ2) is 8.99. The lowest BCUT2D eigenvalue weighted by molar-refractivity contribution is -0.137. The summed E-state index contributed by atoms with van der Waals surface area (Å²) in [6.45, 7) is 0.721. The van der Waals surface area contributed by atoms with E-state index >= 15 is 0 Å². The molecule has 1 aromatic carbocycles. The van der Waals surface area contributed by atoms with E-state index in [0.29, 0.717) is 36.6 Å². The molecule has 0 aromatic heterocycles. The Kier molecular flexibility index (Phi) is 6.79. The summed E-state index contributed by atoms with van der Waals surface area (Å²) in [6, 6.07) is 3.97. The minimum Gasteiger partial charge on any atom is -0.376 e. The number of nitrogens with one attached hydrogen (secondary N) is 3. The molecule has 2 unspecified atom stereocenters. The number of benzene rings is 1. The van der Waals surface area contributed by atoms with E-state index in [-0.39, 0.29) is 29.8 Å². The van der Waals surface area contributed by atoms with E-state index in [1.807, 2.05) is 0 Å². The quantitative estimate of drug-likeness (QED) is 0.339. The molecule has 1 aliphatic heterocycles. The zero-order chi connectivity index (χ0) is 22.1. The van der Waals surface area contributed by atoms with Crippen LogP contribution in [-0.2, 0) is 14.4 Å². The average Bonchev–Trinajstić information content (AvgIpc) is 3.06. The number of amides is 3. The predicted molar refractivity (Wildman–Crippen MR) is 116 cm³/mol. The lowest BCUT2D eigenvalue weighted by Gasteiger charge is -2.24. The molecule has 3 amide bonds. The highest BCUT2D eigenvalue weighted by Gasteiger charge is 2.51. The monoisotopic (exact) mass is 473 g/mol. The maximum Gasteiger partial charge on any atom is 0.267 e. The van der Waals surface area contributed by atoms with Crippen LogP contribution in [0.3, 0.4) is 0 Å². The number of nitrogens with two attached hydrogens (primary N) is 1. The zero-order valence-corrected chi connectivity index (χ0v) is 18.3. The van der Waals surface area contributed by atoms with Crippen LogP contribution in [0.4, 0.5) is 5.69 Å². The van der Waals surface area contributed by atoms with Crippen molar-refractivity contribution in [1.82, 2.24) is 10.2 Å². The first-order valence-corrected chi connectivity index (χ1v) is 10.6. The summed E-state index contributed by atoms with van der Waals surface area (Å²) < 4.78 is -0.768. The van der Waals surface area contributed by atoms with Crippen LogP contribution in [0.25, 0.3) is 0 Å². The van der Waals surface area contributed by atoms with E-state index in [1.165, 1.54) is 23.1 Å². The van der Waals surface area contributed by atoms with Crippen LogP contribution in [-0.4, -0.2) is 58.3 Å². The van der Waals surface area contributed by atoms with Crippen molar-refractivity contribution in [2.75, 3.05) is 25.0 Å². The third kappa shape index (κ3) is 5.17. The van der Waals surface area contributed by atoms with Crippen molar-refractivity contribution >= 4 is 63.9 Å². The standard InChI is InChI=1S/C19H22Cl3N5O3/c20-11-3-4-12(16(23)17(24)29)13(6-11)25-9-15(28)27-5-1-2-14(27)18(30)26-8-10-7-19(10,21)22/h3-4,6,10,14,23,25H,1-2,5,7-9H2,(H2,24,29)(H,26,30). The molecule has 11 heteroatoms. The number of primary amides is 1. The number of alkyl halides is 2. The molecule has 0 bridgehead atoms. The first kappa shape index (κ1) is 22.7. The van der Waals surface area contributed by atoms with Crippen molar-refractivity contribution in [2.24, 2.45) is 11.7 Å². The molecule has 1 aromatic rings. The Morgan fingerprint density at radius 2 is 2.00 bits per heavy atom. The number of nitrogens with zero attached hydrogens (tertiary/aromatic N) is 1. The average molecular weight is 475 g/mol. The van der Waals surface area contributed by atoms with Crippen molar-refractivity contribution in [2.45, 2.75) is 29.6 Å². The van der Waals surface area contributed by atoms with E-state index in [2.05, 4.69) is 10.6 Å². The Hall–Kier alpha value is -2.03. The SMILES string of the molecule is N=C(C(N)=O)c1ccc(Cl)cc1NCC(=O)N1CCCC1C(=O)NCC1CC1(Cl)Cl. The van der Waals surface area contributed by atoms with Gasteiger partial charge in [-0.3, -0.25) is 19.8 Å². The van der Waals surface area contributed by atoms with E-state index in [1.54, 1.807) is 0 Å². The smallest absolute Gasteiger partial charge is 0.267 e. The van der Waals surface area contributed by atoms with Gasteiger partial charge < -0.3 is 21.3 Å². The van der Waals surface area contributed by atoms with Crippen LogP contribution in [0.1, 0.15) is 24.8 Å². The van der Waals surface area contributed by atoms with Gasteiger partial charge in [-0.1, -0.05) is 11.6 Å². The third-order valence-electron chi connectivity index (χ3n) is 5.28. The molecule has 1 aliphatic carbocycles. The van der Waals surface area contributed by atoms with Gasteiger partial charge in [0.15, 0.2) is 0 Å². The number of likely N-dealkylation sites (tertiary alicyclic amines) is 1. The molecule has 0 spiro atoms. The number of carbonyl (C=O) groups is 3. The summed E-state index contributed by atoms with van der Waals surface area (Å²) in [5, 5.41) is 13.9. The summed E-state index contributed by atoms with van der Waals surface area (Å²) in [6.07, 6.45) is 1.93. The number of rotatable bonds is 8. The highest BCUT2D eigenvalue weighted by atomic mass is 35.5. The van der Waals surface area contributed by atoms with Crippen molar-refractivity contribution in [3.63, 3.8) is 0 Å². The summed E-state index contributed by atoms with van der Waals surface area (Å²) in [5.74, 6) is -1.37. The Balaban J connectivity index is 1.60. The van der Waals surface area contributed by atoms with Crippen molar-refractivity contribution in [3.8, 4) is 0 Å². The summed E-state index contributed by atoms with van der Waals surface area (Å²) in [5.41, 5.74) is 5.38. The van der Waals surface area contributed by atoms with E-state index in [0.717, 1.165) is 6.42 Å². The second-order valence-corrected chi connectivity index (χ2v) is 9.41. The first-order valence-electron chi connectivity index (χ1n) is 9.47. The Morgan fingerprint density at radius 1 is 1.30 bits per heavy atom. The minimum absolute atomic E-state index is 0.0267. The van der Waals surface area contributed by atoms with Gasteiger partial charge in [0.1, 0.15) is 16.1 Å². The van der Waals surface area contributed by atoms with Crippen LogP contribution in [0, 0.1) is 11.3 Å². The van der Waals surface area contributed by atoms with Gasteiger partial charge in [-0.15, -0.1) is 23.2 Å². The molecule has 2 fully saturated rings. The Bertz CT molecular complexity index is 892. The first-order chi connectivity index (χ1) is 14.1.